The minimum atomic E-state index is -4.53. The van der Waals surface area contributed by atoms with E-state index in [4.69, 9.17) is 22.9 Å². The molecule has 10 N–H and O–H groups in total. The third kappa shape index (κ3) is 5.75. The van der Waals surface area contributed by atoms with Crippen molar-refractivity contribution in [2.75, 3.05) is 46.8 Å². The summed E-state index contributed by atoms with van der Waals surface area (Å²) in [6.45, 7) is 1.94. The largest absolute Gasteiger partial charge is 0.418 e. The van der Waals surface area contributed by atoms with E-state index >= 15 is 0 Å². The van der Waals surface area contributed by atoms with Crippen LogP contribution in [0.5, 0.6) is 0 Å². The fourth-order valence-corrected chi connectivity index (χ4v) is 4.34. The number of aromatic nitrogens is 3. The van der Waals surface area contributed by atoms with Gasteiger partial charge in [-0.1, -0.05) is 12.1 Å². The molecule has 2 aliphatic heterocycles. The van der Waals surface area contributed by atoms with Crippen LogP contribution in [-0.2, 0) is 6.18 Å². The summed E-state index contributed by atoms with van der Waals surface area (Å²) >= 11 is 0. The number of hydrogen-bond donors (Lipinski definition) is 6. The molecule has 0 saturated carbocycles. The molecule has 0 spiro atoms. The predicted molar refractivity (Wildman–Crippen MR) is 124 cm³/mol. The number of nitrogens with one attached hydrogen (secondary N) is 2. The molecule has 1 aromatic carbocycles. The Morgan fingerprint density at radius 2 is 1.21 bits per heavy atom. The number of para-hydroxylation sites is 1. The highest BCUT2D eigenvalue weighted by molar-refractivity contribution is 5.56. The molecule has 1 aromatic heterocycles. The Balaban J connectivity index is 1.64. The quantitative estimate of drug-likeness (QED) is 0.319. The second kappa shape index (κ2) is 9.74. The maximum Gasteiger partial charge on any atom is 0.418 e. The Bertz CT molecular complexity index is 924. The van der Waals surface area contributed by atoms with Crippen LogP contribution >= 0.6 is 0 Å². The van der Waals surface area contributed by atoms with Gasteiger partial charge in [0.05, 0.1) is 11.3 Å². The van der Waals surface area contributed by atoms with Gasteiger partial charge in [-0.05, 0) is 25.0 Å². The van der Waals surface area contributed by atoms with E-state index in [-0.39, 0.29) is 35.8 Å². The number of benzene rings is 1. The van der Waals surface area contributed by atoms with Crippen LogP contribution in [0.25, 0.3) is 0 Å². The molecule has 2 fully saturated rings. The van der Waals surface area contributed by atoms with E-state index in [9.17, 15) is 13.2 Å². The first-order valence-corrected chi connectivity index (χ1v) is 11.0. The van der Waals surface area contributed by atoms with Crippen molar-refractivity contribution in [1.29, 1.82) is 0 Å². The third-order valence-corrected chi connectivity index (χ3v) is 5.75. The van der Waals surface area contributed by atoms with Crippen molar-refractivity contribution in [2.24, 2.45) is 22.9 Å². The second-order valence-electron chi connectivity index (χ2n) is 8.87. The van der Waals surface area contributed by atoms with Crippen molar-refractivity contribution >= 4 is 23.5 Å². The molecule has 0 aliphatic carbocycles. The van der Waals surface area contributed by atoms with Crippen LogP contribution in [0.1, 0.15) is 18.4 Å². The van der Waals surface area contributed by atoms with Crippen molar-refractivity contribution in [3.05, 3.63) is 29.8 Å². The van der Waals surface area contributed by atoms with E-state index in [1.165, 1.54) is 18.2 Å². The van der Waals surface area contributed by atoms with Crippen molar-refractivity contribution in [3.8, 4) is 0 Å². The molecule has 11 nitrogen and oxygen atoms in total. The molecule has 14 heteroatoms. The second-order valence-corrected chi connectivity index (χ2v) is 8.87. The summed E-state index contributed by atoms with van der Waals surface area (Å²) in [5, 5.41) is 0. The highest BCUT2D eigenvalue weighted by Crippen LogP contribution is 2.34. The average Bonchev–Trinajstić information content (AvgIpc) is 2.76. The lowest BCUT2D eigenvalue weighted by atomic mass is 10.0. The first-order chi connectivity index (χ1) is 16.1. The predicted octanol–water partition coefficient (Wildman–Crippen LogP) is 0.0588. The van der Waals surface area contributed by atoms with Crippen molar-refractivity contribution in [1.82, 2.24) is 15.0 Å². The molecular weight excluding hydrogens is 451 g/mol. The van der Waals surface area contributed by atoms with Gasteiger partial charge in [0.1, 0.15) is 0 Å². The maximum atomic E-state index is 13.4. The number of anilines is 4. The lowest BCUT2D eigenvalue weighted by Crippen LogP contribution is -2.54. The molecule has 3 heterocycles. The zero-order valence-corrected chi connectivity index (χ0v) is 18.5. The summed E-state index contributed by atoms with van der Waals surface area (Å²) in [6, 6.07) is 4.48. The van der Waals surface area contributed by atoms with E-state index in [1.807, 2.05) is 9.80 Å². The summed E-state index contributed by atoms with van der Waals surface area (Å²) < 4.78 is 40.1. The van der Waals surface area contributed by atoms with E-state index in [0.717, 1.165) is 6.07 Å². The summed E-state index contributed by atoms with van der Waals surface area (Å²) in [5.74, 6) is 0.672. The van der Waals surface area contributed by atoms with Gasteiger partial charge in [-0.15, -0.1) is 0 Å². The Labute approximate surface area is 195 Å². The van der Waals surface area contributed by atoms with Crippen LogP contribution in [0.4, 0.5) is 36.7 Å². The Hall–Kier alpha value is -2.94. The van der Waals surface area contributed by atoms with Crippen molar-refractivity contribution < 1.29 is 13.2 Å². The standard InChI is InChI=1S/C20H30F3N11/c21-20(22,23)15-3-1-2-4-16(15)31-32-17-28-18(33-7-11(24)5-12(25)8-33)30-19(29-17)34-9-13(26)6-14(27)10-34/h1-4,11-14,31H,5-10,24-27H2,(H,28,29,30,32)/t11-,12+,13-,14+. The van der Waals surface area contributed by atoms with E-state index < -0.39 is 11.7 Å². The Morgan fingerprint density at radius 3 is 1.68 bits per heavy atom. The van der Waals surface area contributed by atoms with Gasteiger partial charge in [-0.3, -0.25) is 10.9 Å². The molecule has 2 aliphatic rings. The number of hydrogen-bond acceptors (Lipinski definition) is 11. The monoisotopic (exact) mass is 481 g/mol. The Morgan fingerprint density at radius 1 is 0.735 bits per heavy atom. The van der Waals surface area contributed by atoms with Gasteiger partial charge >= 0.3 is 6.18 Å². The van der Waals surface area contributed by atoms with Crippen LogP contribution in [0.3, 0.4) is 0 Å². The third-order valence-electron chi connectivity index (χ3n) is 5.75. The number of alkyl halides is 3. The SMILES string of the molecule is N[C@@H]1C[C@H](N)CN(c2nc(NNc3ccccc3C(F)(F)F)nc(N3C[C@H](N)C[C@H](N)C3)n2)C1. The minimum Gasteiger partial charge on any atom is -0.338 e. The van der Waals surface area contributed by atoms with Crippen LogP contribution in [0.2, 0.25) is 0 Å². The zero-order valence-electron chi connectivity index (χ0n) is 18.5. The minimum absolute atomic E-state index is 0.0393. The maximum absolute atomic E-state index is 13.4. The van der Waals surface area contributed by atoms with Gasteiger partial charge in [0.25, 0.3) is 0 Å². The number of piperidine rings is 2. The highest BCUT2D eigenvalue weighted by Gasteiger charge is 2.33. The molecule has 4 rings (SSSR count). The van der Waals surface area contributed by atoms with Crippen LogP contribution < -0.4 is 43.6 Å². The fraction of sp³-hybridized carbons (Fsp3) is 0.550. The molecule has 2 aromatic rings. The number of rotatable bonds is 5. The number of halogens is 3. The van der Waals surface area contributed by atoms with Crippen LogP contribution in [0, 0.1) is 0 Å². The molecule has 2 saturated heterocycles. The highest BCUT2D eigenvalue weighted by atomic mass is 19.4. The smallest absolute Gasteiger partial charge is 0.338 e. The lowest BCUT2D eigenvalue weighted by molar-refractivity contribution is -0.136. The summed E-state index contributed by atoms with van der Waals surface area (Å²) in [6.07, 6.45) is -3.18. The van der Waals surface area contributed by atoms with E-state index in [1.54, 1.807) is 0 Å². The van der Waals surface area contributed by atoms with Crippen LogP contribution in [-0.4, -0.2) is 65.3 Å². The molecule has 4 atom stereocenters. The summed E-state index contributed by atoms with van der Waals surface area (Å²) in [5.41, 5.74) is 28.8. The molecule has 0 radical (unpaired) electrons. The zero-order chi connectivity index (χ0) is 24.5. The molecular formula is C20H30F3N11. The number of nitrogens with zero attached hydrogens (tertiary/aromatic N) is 5. The van der Waals surface area contributed by atoms with Crippen molar-refractivity contribution in [3.63, 3.8) is 0 Å². The van der Waals surface area contributed by atoms with Gasteiger partial charge in [0, 0.05) is 50.3 Å². The van der Waals surface area contributed by atoms with Gasteiger partial charge in [-0.25, -0.2) is 0 Å². The molecule has 0 amide bonds. The first kappa shape index (κ1) is 24.2. The molecule has 186 valence electrons. The van der Waals surface area contributed by atoms with Gasteiger partial charge < -0.3 is 32.7 Å². The van der Waals surface area contributed by atoms with E-state index in [2.05, 4.69) is 25.8 Å². The Kier molecular flexibility index (Phi) is 6.93. The van der Waals surface area contributed by atoms with Gasteiger partial charge in [0.15, 0.2) is 0 Å². The normalized spacial score (nSPS) is 25.9. The molecule has 0 unspecified atom stereocenters. The lowest BCUT2D eigenvalue weighted by Gasteiger charge is -2.37. The fourth-order valence-electron chi connectivity index (χ4n) is 4.34. The first-order valence-electron chi connectivity index (χ1n) is 11.0. The van der Waals surface area contributed by atoms with Crippen LogP contribution in [0.15, 0.2) is 24.3 Å². The summed E-state index contributed by atoms with van der Waals surface area (Å²) in [4.78, 5) is 17.1. The van der Waals surface area contributed by atoms with Gasteiger partial charge in [-0.2, -0.15) is 28.1 Å². The summed E-state index contributed by atoms with van der Waals surface area (Å²) in [7, 11) is 0. The average molecular weight is 482 g/mol. The van der Waals surface area contributed by atoms with Crippen molar-refractivity contribution in [2.45, 2.75) is 43.2 Å². The molecule has 34 heavy (non-hydrogen) atoms. The van der Waals surface area contributed by atoms with Gasteiger partial charge in [0.2, 0.25) is 17.8 Å². The number of hydrazine groups is 1. The number of nitrogens with two attached hydrogens (primary N) is 4. The molecule has 0 bridgehead atoms. The van der Waals surface area contributed by atoms with E-state index in [0.29, 0.717) is 50.9 Å². The topological polar surface area (TPSA) is 173 Å².